The molecule has 0 spiro atoms. The first-order valence-corrected chi connectivity index (χ1v) is 24.1. The fraction of sp³-hybridized carbons (Fsp3) is 0.676. The highest BCUT2D eigenvalue weighted by Crippen LogP contribution is 2.59. The summed E-state index contributed by atoms with van der Waals surface area (Å²) in [4.78, 5) is 19.2. The molecule has 9 nitrogen and oxygen atoms in total. The molecule has 6 rings (SSSR count). The van der Waals surface area contributed by atoms with Crippen molar-refractivity contribution in [3.63, 3.8) is 0 Å². The molecule has 0 unspecified atom stereocenters. The maximum Gasteiger partial charge on any atom is 0.414 e. The minimum Gasteiger partial charge on any atom is -0.443 e. The van der Waals surface area contributed by atoms with Gasteiger partial charge in [-0.1, -0.05) is 46.2 Å². The SMILES string of the molecule is CN(C(=O)OC(C)(C)C)c1cc(F)c2c(c1)nc(-c1nn(COCC[Si](C)(C)C)c3c1C1CC(C)(C3)C1)n2COCC[Si](C)(C)C. The highest BCUT2D eigenvalue weighted by molar-refractivity contribution is 6.76. The zero-order valence-electron chi connectivity index (χ0n) is 29.8. The normalized spacial score (nSPS) is 19.7. The summed E-state index contributed by atoms with van der Waals surface area (Å²) in [6.45, 7) is 23.6. The molecular weight excluding hydrogens is 618 g/mol. The van der Waals surface area contributed by atoms with Gasteiger partial charge in [0.15, 0.2) is 11.6 Å². The molecule has 2 aromatic heterocycles. The summed E-state index contributed by atoms with van der Waals surface area (Å²) < 4.78 is 37.9. The number of hydrogen-bond donors (Lipinski definition) is 0. The molecule has 0 atom stereocenters. The smallest absolute Gasteiger partial charge is 0.414 e. The zero-order chi connectivity index (χ0) is 33.8. The summed E-state index contributed by atoms with van der Waals surface area (Å²) in [5.74, 6) is 0.500. The van der Waals surface area contributed by atoms with Gasteiger partial charge >= 0.3 is 6.09 Å². The number of rotatable bonds is 12. The first kappa shape index (κ1) is 34.8. The molecule has 1 aromatic carbocycles. The van der Waals surface area contributed by atoms with Gasteiger partial charge in [-0.25, -0.2) is 18.9 Å². The Morgan fingerprint density at radius 1 is 1.04 bits per heavy atom. The predicted molar refractivity (Wildman–Crippen MR) is 188 cm³/mol. The molecule has 0 aliphatic heterocycles. The molecule has 2 bridgehead atoms. The molecule has 1 amide bonds. The van der Waals surface area contributed by atoms with Gasteiger partial charge in [0.05, 0.1) is 11.2 Å². The van der Waals surface area contributed by atoms with E-state index in [9.17, 15) is 4.79 Å². The second kappa shape index (κ2) is 12.5. The number of anilines is 1. The minimum absolute atomic E-state index is 0.158. The monoisotopic (exact) mass is 671 g/mol. The summed E-state index contributed by atoms with van der Waals surface area (Å²) in [6, 6.07) is 5.21. The van der Waals surface area contributed by atoms with Crippen molar-refractivity contribution in [1.29, 1.82) is 0 Å². The number of fused-ring (bicyclic) bond motifs is 1. The van der Waals surface area contributed by atoms with Crippen molar-refractivity contribution in [3.8, 4) is 11.5 Å². The number of hydrogen-bond acceptors (Lipinski definition) is 6. The topological polar surface area (TPSA) is 83.6 Å². The van der Waals surface area contributed by atoms with Gasteiger partial charge < -0.3 is 14.2 Å². The van der Waals surface area contributed by atoms with E-state index in [2.05, 4.69) is 46.2 Å². The second-order valence-electron chi connectivity index (χ2n) is 17.2. The highest BCUT2D eigenvalue weighted by atomic mass is 28.3. The Balaban J connectivity index is 1.56. The Labute approximate surface area is 275 Å². The second-order valence-corrected chi connectivity index (χ2v) is 28.4. The van der Waals surface area contributed by atoms with Gasteiger partial charge in [-0.3, -0.25) is 9.47 Å². The van der Waals surface area contributed by atoms with Crippen molar-refractivity contribution >= 4 is 39.0 Å². The number of ether oxygens (including phenoxy) is 3. The van der Waals surface area contributed by atoms with E-state index in [-0.39, 0.29) is 12.1 Å². The highest BCUT2D eigenvalue weighted by Gasteiger charge is 2.50. The summed E-state index contributed by atoms with van der Waals surface area (Å²) in [5, 5.41) is 5.15. The van der Waals surface area contributed by atoms with Crippen LogP contribution in [0.25, 0.3) is 22.6 Å². The van der Waals surface area contributed by atoms with Gasteiger partial charge in [-0.2, -0.15) is 5.10 Å². The largest absolute Gasteiger partial charge is 0.443 e. The summed E-state index contributed by atoms with van der Waals surface area (Å²) in [6.07, 6.45) is 2.60. The van der Waals surface area contributed by atoms with Gasteiger partial charge in [0.2, 0.25) is 0 Å². The Bertz CT molecular complexity index is 1590. The van der Waals surface area contributed by atoms with E-state index in [1.165, 1.54) is 22.2 Å². The third-order valence-corrected chi connectivity index (χ3v) is 12.5. The fourth-order valence-corrected chi connectivity index (χ4v) is 8.00. The van der Waals surface area contributed by atoms with Gasteiger partial charge in [-0.15, -0.1) is 0 Å². The van der Waals surface area contributed by atoms with Crippen molar-refractivity contribution in [2.45, 2.75) is 123 Å². The summed E-state index contributed by atoms with van der Waals surface area (Å²) in [5.41, 5.74) is 3.95. The van der Waals surface area contributed by atoms with E-state index >= 15 is 4.39 Å². The van der Waals surface area contributed by atoms with E-state index in [1.807, 2.05) is 9.25 Å². The molecule has 254 valence electrons. The number of carbonyl (C=O) groups is 1. The Kier molecular flexibility index (Phi) is 9.44. The third-order valence-electron chi connectivity index (χ3n) is 9.05. The average Bonchev–Trinajstić information content (AvgIpc) is 3.44. The van der Waals surface area contributed by atoms with Crippen LogP contribution in [-0.2, 0) is 34.1 Å². The minimum atomic E-state index is -1.33. The lowest BCUT2D eigenvalue weighted by Crippen LogP contribution is -2.41. The standard InChI is InChI=1S/C34H54FN5O4Si2/c1-33(2,3)44-32(41)38(5)24-16-25(35)30-26(17-24)36-31(39(30)21-42-12-14-45(6,7)8)29-28-23-18-34(4,19-23)20-27(28)40(37-29)22-43-13-15-46(9,10)11/h16-17,23H,12-15,18-22H2,1-11H3. The molecule has 0 radical (unpaired) electrons. The van der Waals surface area contributed by atoms with Crippen LogP contribution in [0.3, 0.4) is 0 Å². The van der Waals surface area contributed by atoms with E-state index in [4.69, 9.17) is 24.3 Å². The number of amides is 1. The molecule has 3 aromatic rings. The number of aromatic nitrogens is 4. The molecule has 2 heterocycles. The molecule has 1 saturated carbocycles. The first-order chi connectivity index (χ1) is 21.2. The number of nitrogens with zero attached hydrogens (tertiary/aromatic N) is 5. The zero-order valence-corrected chi connectivity index (χ0v) is 31.8. The van der Waals surface area contributed by atoms with Gasteiger partial charge in [0.25, 0.3) is 0 Å². The maximum atomic E-state index is 16.1. The van der Waals surface area contributed by atoms with Crippen molar-refractivity contribution in [2.75, 3.05) is 25.2 Å². The van der Waals surface area contributed by atoms with Crippen LogP contribution >= 0.6 is 0 Å². The quantitative estimate of drug-likeness (QED) is 0.142. The first-order valence-electron chi connectivity index (χ1n) is 16.7. The lowest BCUT2D eigenvalue weighted by atomic mass is 9.54. The van der Waals surface area contributed by atoms with Crippen LogP contribution in [0.2, 0.25) is 51.4 Å². The Morgan fingerprint density at radius 2 is 1.65 bits per heavy atom. The summed E-state index contributed by atoms with van der Waals surface area (Å²) in [7, 11) is -0.969. The predicted octanol–water partition coefficient (Wildman–Crippen LogP) is 8.47. The van der Waals surface area contributed by atoms with Crippen molar-refractivity contribution < 1.29 is 23.4 Å². The molecule has 3 aliphatic carbocycles. The van der Waals surface area contributed by atoms with Crippen LogP contribution < -0.4 is 4.90 Å². The molecule has 1 fully saturated rings. The van der Waals surface area contributed by atoms with Crippen LogP contribution in [0.1, 0.15) is 57.7 Å². The lowest BCUT2D eigenvalue weighted by molar-refractivity contribution is 0.0589. The van der Waals surface area contributed by atoms with Gasteiger partial charge in [0.1, 0.15) is 30.3 Å². The third kappa shape index (κ3) is 7.77. The van der Waals surface area contributed by atoms with Crippen molar-refractivity contribution in [3.05, 3.63) is 29.2 Å². The molecule has 3 aliphatic rings. The number of halogens is 1. The Hall–Kier alpha value is -2.55. The van der Waals surface area contributed by atoms with Crippen LogP contribution in [-0.4, -0.2) is 67.4 Å². The number of benzene rings is 1. The van der Waals surface area contributed by atoms with Crippen molar-refractivity contribution in [2.24, 2.45) is 5.41 Å². The molecule has 0 N–H and O–H groups in total. The van der Waals surface area contributed by atoms with Crippen LogP contribution in [0, 0.1) is 11.2 Å². The Morgan fingerprint density at radius 3 is 2.24 bits per heavy atom. The van der Waals surface area contributed by atoms with Crippen molar-refractivity contribution in [1.82, 2.24) is 19.3 Å². The van der Waals surface area contributed by atoms with E-state index in [0.29, 0.717) is 48.4 Å². The van der Waals surface area contributed by atoms with Crippen LogP contribution in [0.5, 0.6) is 0 Å². The molecular formula is C34H54FN5O4Si2. The van der Waals surface area contributed by atoms with E-state index < -0.39 is 33.7 Å². The fourth-order valence-electron chi connectivity index (χ4n) is 6.48. The summed E-state index contributed by atoms with van der Waals surface area (Å²) >= 11 is 0. The maximum absolute atomic E-state index is 16.1. The van der Waals surface area contributed by atoms with E-state index in [0.717, 1.165) is 37.0 Å². The molecule has 46 heavy (non-hydrogen) atoms. The number of imidazole rings is 1. The van der Waals surface area contributed by atoms with E-state index in [1.54, 1.807) is 33.9 Å². The average molecular weight is 672 g/mol. The lowest BCUT2D eigenvalue weighted by Gasteiger charge is -2.50. The molecule has 12 heteroatoms. The van der Waals surface area contributed by atoms with Gasteiger partial charge in [0, 0.05) is 53.7 Å². The van der Waals surface area contributed by atoms with Crippen LogP contribution in [0.15, 0.2) is 12.1 Å². The molecule has 0 saturated heterocycles. The van der Waals surface area contributed by atoms with Crippen LogP contribution in [0.4, 0.5) is 14.9 Å². The van der Waals surface area contributed by atoms with Gasteiger partial charge in [-0.05, 0) is 69.5 Å². The number of carbonyl (C=O) groups excluding carboxylic acids is 1.